The lowest BCUT2D eigenvalue weighted by Gasteiger charge is -2.26. The molecule has 2 N–H and O–H groups in total. The van der Waals surface area contributed by atoms with Gasteiger partial charge in [0.2, 0.25) is 5.91 Å². The van der Waals surface area contributed by atoms with E-state index in [-0.39, 0.29) is 5.92 Å². The van der Waals surface area contributed by atoms with E-state index >= 15 is 0 Å². The van der Waals surface area contributed by atoms with Crippen LogP contribution in [0.15, 0.2) is 20.9 Å². The predicted molar refractivity (Wildman–Crippen MR) is 114 cm³/mol. The van der Waals surface area contributed by atoms with Crippen molar-refractivity contribution in [1.29, 1.82) is 0 Å². The van der Waals surface area contributed by atoms with Gasteiger partial charge < -0.3 is 15.5 Å². The summed E-state index contributed by atoms with van der Waals surface area (Å²) in [6, 6.07) is 0.299. The second-order valence-electron chi connectivity index (χ2n) is 7.25. The van der Waals surface area contributed by atoms with Gasteiger partial charge in [-0.15, -0.1) is 11.3 Å². The largest absolute Gasteiger partial charge is 0.356 e. The van der Waals surface area contributed by atoms with Crippen molar-refractivity contribution in [2.24, 2.45) is 10.9 Å². The van der Waals surface area contributed by atoms with E-state index < -0.39 is 0 Å². The van der Waals surface area contributed by atoms with Crippen molar-refractivity contribution in [3.63, 3.8) is 0 Å². The van der Waals surface area contributed by atoms with Crippen molar-refractivity contribution in [2.75, 3.05) is 32.4 Å². The van der Waals surface area contributed by atoms with Gasteiger partial charge >= 0.3 is 0 Å². The monoisotopic (exact) mass is 409 g/mol. The quantitative estimate of drug-likeness (QED) is 0.314. The maximum Gasteiger partial charge on any atom is 0.225 e. The van der Waals surface area contributed by atoms with Crippen LogP contribution in [0.3, 0.4) is 0 Å². The summed E-state index contributed by atoms with van der Waals surface area (Å²) in [4.78, 5) is 23.4. The van der Waals surface area contributed by atoms with Crippen LogP contribution in [0.4, 0.5) is 0 Å². The summed E-state index contributed by atoms with van der Waals surface area (Å²) in [7, 11) is 1.81. The van der Waals surface area contributed by atoms with Crippen LogP contribution in [0.1, 0.15) is 44.9 Å². The first-order valence-corrected chi connectivity index (χ1v) is 11.9. The number of hydrogen-bond acceptors (Lipinski definition) is 5. The van der Waals surface area contributed by atoms with Gasteiger partial charge in [-0.3, -0.25) is 9.79 Å². The minimum absolute atomic E-state index is 0.269. The molecule has 1 aliphatic carbocycles. The van der Waals surface area contributed by atoms with E-state index in [1.54, 1.807) is 30.1 Å². The third-order valence-corrected chi connectivity index (χ3v) is 7.32. The Morgan fingerprint density at radius 2 is 2.22 bits per heavy atom. The Bertz CT molecular complexity index is 601. The van der Waals surface area contributed by atoms with Crippen molar-refractivity contribution < 1.29 is 4.79 Å². The van der Waals surface area contributed by atoms with Crippen LogP contribution in [0, 0.1) is 5.92 Å². The molecule has 1 unspecified atom stereocenters. The molecule has 2 aliphatic rings. The van der Waals surface area contributed by atoms with Crippen molar-refractivity contribution in [3.05, 3.63) is 11.6 Å². The first-order chi connectivity index (χ1) is 13.3. The highest BCUT2D eigenvalue weighted by atomic mass is 32.2. The Hall–Kier alpha value is -1.28. The van der Waals surface area contributed by atoms with E-state index in [0.29, 0.717) is 11.9 Å². The molecule has 2 fully saturated rings. The molecule has 0 aromatic carbocycles. The van der Waals surface area contributed by atoms with E-state index in [0.717, 1.165) is 61.4 Å². The van der Waals surface area contributed by atoms with Gasteiger partial charge in [-0.1, -0.05) is 31.0 Å². The third-order valence-electron chi connectivity index (χ3n) is 5.27. The number of amides is 1. The van der Waals surface area contributed by atoms with Crippen LogP contribution in [0.5, 0.6) is 0 Å². The topological polar surface area (TPSA) is 69.6 Å². The van der Waals surface area contributed by atoms with Gasteiger partial charge in [0.1, 0.15) is 4.34 Å². The van der Waals surface area contributed by atoms with Crippen molar-refractivity contribution in [3.8, 4) is 0 Å². The van der Waals surface area contributed by atoms with E-state index in [4.69, 9.17) is 0 Å². The molecule has 0 bridgehead atoms. The molecule has 0 radical (unpaired) electrons. The summed E-state index contributed by atoms with van der Waals surface area (Å²) in [6.07, 6.45) is 9.78. The molecule has 1 aromatic rings. The predicted octanol–water partition coefficient (Wildman–Crippen LogP) is 2.97. The van der Waals surface area contributed by atoms with Crippen molar-refractivity contribution in [1.82, 2.24) is 20.5 Å². The fourth-order valence-corrected chi connectivity index (χ4v) is 5.44. The summed E-state index contributed by atoms with van der Waals surface area (Å²) >= 11 is 3.49. The molecule has 8 heteroatoms. The van der Waals surface area contributed by atoms with E-state index in [9.17, 15) is 4.79 Å². The molecule has 150 valence electrons. The van der Waals surface area contributed by atoms with Crippen LogP contribution in [-0.4, -0.2) is 60.2 Å². The molecule has 1 aliphatic heterocycles. The number of carbonyl (C=O) groups excluding carboxylic acids is 1. The average molecular weight is 410 g/mol. The lowest BCUT2D eigenvalue weighted by atomic mass is 9.88. The number of likely N-dealkylation sites (tertiary alicyclic amines) is 1. The van der Waals surface area contributed by atoms with Gasteiger partial charge in [0.05, 0.1) is 0 Å². The van der Waals surface area contributed by atoms with Gasteiger partial charge in [-0.25, -0.2) is 4.98 Å². The number of nitrogens with one attached hydrogen (secondary N) is 2. The number of nitrogens with zero attached hydrogens (tertiary/aromatic N) is 3. The van der Waals surface area contributed by atoms with Crippen molar-refractivity contribution in [2.45, 2.75) is 55.3 Å². The number of rotatable bonds is 7. The maximum atomic E-state index is 12.7. The van der Waals surface area contributed by atoms with Crippen LogP contribution in [-0.2, 0) is 4.79 Å². The highest BCUT2D eigenvalue weighted by Crippen LogP contribution is 2.26. The Labute approximate surface area is 170 Å². The number of guanidine groups is 1. The molecular formula is C19H31N5OS2. The summed E-state index contributed by atoms with van der Waals surface area (Å²) < 4.78 is 1.13. The number of thiazole rings is 1. The second-order valence-corrected chi connectivity index (χ2v) is 9.48. The Kier molecular flexibility index (Phi) is 8.26. The standard InChI is InChI=1S/C19H31N5OS2/c1-20-18(21-9-5-12-26-19-22-10-13-27-19)23-16-8-11-24(14-16)17(25)15-6-3-2-4-7-15/h10,13,15-16H,2-9,11-12,14H2,1H3,(H2,20,21,23). The Morgan fingerprint density at radius 3 is 2.96 bits per heavy atom. The van der Waals surface area contributed by atoms with Gasteiger partial charge in [0, 0.05) is 56.0 Å². The normalized spacial score (nSPS) is 21.4. The molecule has 1 amide bonds. The van der Waals surface area contributed by atoms with Gasteiger partial charge in [0.15, 0.2) is 5.96 Å². The molecule has 2 heterocycles. The van der Waals surface area contributed by atoms with Gasteiger partial charge in [0.25, 0.3) is 0 Å². The van der Waals surface area contributed by atoms with Gasteiger partial charge in [-0.2, -0.15) is 0 Å². The minimum atomic E-state index is 0.269. The zero-order valence-corrected chi connectivity index (χ0v) is 17.8. The number of hydrogen-bond donors (Lipinski definition) is 2. The van der Waals surface area contributed by atoms with Crippen LogP contribution >= 0.6 is 23.1 Å². The second kappa shape index (κ2) is 10.9. The number of carbonyl (C=O) groups is 1. The molecule has 0 spiro atoms. The molecule has 1 saturated heterocycles. The fraction of sp³-hybridized carbons (Fsp3) is 0.737. The highest BCUT2D eigenvalue weighted by Gasteiger charge is 2.31. The fourth-order valence-electron chi connectivity index (χ4n) is 3.79. The smallest absolute Gasteiger partial charge is 0.225 e. The first kappa shape index (κ1) is 20.5. The SMILES string of the molecule is CN=C(NCCCSc1nccs1)NC1CCN(C(=O)C2CCCCC2)C1. The molecule has 1 atom stereocenters. The molecule has 1 saturated carbocycles. The zero-order valence-electron chi connectivity index (χ0n) is 16.2. The van der Waals surface area contributed by atoms with Crippen LogP contribution in [0.2, 0.25) is 0 Å². The molecule has 1 aromatic heterocycles. The van der Waals surface area contributed by atoms with E-state index in [2.05, 4.69) is 25.5 Å². The highest BCUT2D eigenvalue weighted by molar-refractivity contribution is 8.00. The van der Waals surface area contributed by atoms with Crippen LogP contribution < -0.4 is 10.6 Å². The Morgan fingerprint density at radius 1 is 1.37 bits per heavy atom. The van der Waals surface area contributed by atoms with Crippen molar-refractivity contribution >= 4 is 35.0 Å². The minimum Gasteiger partial charge on any atom is -0.356 e. The lowest BCUT2D eigenvalue weighted by Crippen LogP contribution is -2.45. The molecule has 3 rings (SSSR count). The number of aromatic nitrogens is 1. The van der Waals surface area contributed by atoms with Crippen LogP contribution in [0.25, 0.3) is 0 Å². The third kappa shape index (κ3) is 6.38. The van der Waals surface area contributed by atoms with E-state index in [1.807, 2.05) is 11.6 Å². The maximum absolute atomic E-state index is 12.7. The number of thioether (sulfide) groups is 1. The summed E-state index contributed by atoms with van der Waals surface area (Å²) in [5.74, 6) is 2.53. The van der Waals surface area contributed by atoms with E-state index in [1.165, 1.54) is 19.3 Å². The van der Waals surface area contributed by atoms with Gasteiger partial charge in [-0.05, 0) is 25.7 Å². The Balaban J connectivity index is 1.33. The summed E-state index contributed by atoms with van der Waals surface area (Å²) in [6.45, 7) is 2.56. The molecule has 27 heavy (non-hydrogen) atoms. The molecular weight excluding hydrogens is 378 g/mol. The number of aliphatic imine (C=N–C) groups is 1. The first-order valence-electron chi connectivity index (χ1n) is 10.0. The average Bonchev–Trinajstić information content (AvgIpc) is 3.39. The summed E-state index contributed by atoms with van der Waals surface area (Å²) in [5.41, 5.74) is 0. The zero-order chi connectivity index (χ0) is 18.9. The lowest BCUT2D eigenvalue weighted by molar-refractivity contribution is -0.135. The summed E-state index contributed by atoms with van der Waals surface area (Å²) in [5, 5.41) is 8.88. The molecule has 6 nitrogen and oxygen atoms in total.